The van der Waals surface area contributed by atoms with Gasteiger partial charge in [0, 0.05) is 38.2 Å². The van der Waals surface area contributed by atoms with Gasteiger partial charge in [-0.15, -0.1) is 0 Å². The standard InChI is InChI=1S/C24H34N2O4/c1-3-18-17-26(23(28)19-8-6-5-7-9-19)15-12-21(18)16-22(27)25-13-10-20(11-14-25)24(29)30-4-2/h5-9,18,20-21H,3-4,10-17H2,1-2H3. The molecule has 2 aliphatic rings. The van der Waals surface area contributed by atoms with E-state index in [-0.39, 0.29) is 23.7 Å². The Balaban J connectivity index is 1.50. The maximum atomic E-state index is 12.9. The van der Waals surface area contributed by atoms with Crippen molar-refractivity contribution >= 4 is 17.8 Å². The normalized spacial score (nSPS) is 22.6. The van der Waals surface area contributed by atoms with Gasteiger partial charge in [0.15, 0.2) is 0 Å². The van der Waals surface area contributed by atoms with Crippen LogP contribution in [-0.4, -0.2) is 60.4 Å². The van der Waals surface area contributed by atoms with Gasteiger partial charge >= 0.3 is 5.97 Å². The first-order valence-electron chi connectivity index (χ1n) is 11.3. The molecule has 6 nitrogen and oxygen atoms in total. The largest absolute Gasteiger partial charge is 0.466 e. The molecule has 0 saturated carbocycles. The van der Waals surface area contributed by atoms with Gasteiger partial charge in [0.1, 0.15) is 0 Å². The van der Waals surface area contributed by atoms with Gasteiger partial charge in [0.2, 0.25) is 5.91 Å². The third-order valence-corrected chi connectivity index (χ3v) is 6.63. The third-order valence-electron chi connectivity index (χ3n) is 6.63. The van der Waals surface area contributed by atoms with E-state index in [9.17, 15) is 14.4 Å². The summed E-state index contributed by atoms with van der Waals surface area (Å²) in [6.07, 6.45) is 3.73. The van der Waals surface area contributed by atoms with Gasteiger partial charge in [-0.25, -0.2) is 0 Å². The lowest BCUT2D eigenvalue weighted by atomic mass is 9.81. The van der Waals surface area contributed by atoms with Crippen molar-refractivity contribution in [2.24, 2.45) is 17.8 Å². The zero-order valence-electron chi connectivity index (χ0n) is 18.2. The summed E-state index contributed by atoms with van der Waals surface area (Å²) in [4.78, 5) is 41.4. The van der Waals surface area contributed by atoms with Crippen LogP contribution >= 0.6 is 0 Å². The molecule has 0 bridgehead atoms. The zero-order valence-corrected chi connectivity index (χ0v) is 18.2. The minimum atomic E-state index is -0.133. The van der Waals surface area contributed by atoms with E-state index in [1.165, 1.54) is 0 Å². The van der Waals surface area contributed by atoms with E-state index in [1.807, 2.05) is 47.1 Å². The molecular weight excluding hydrogens is 380 g/mol. The molecule has 2 atom stereocenters. The van der Waals surface area contributed by atoms with Gasteiger partial charge in [-0.05, 0) is 50.2 Å². The Labute approximate surface area is 179 Å². The Morgan fingerprint density at radius 2 is 1.60 bits per heavy atom. The van der Waals surface area contributed by atoms with Gasteiger partial charge in [-0.3, -0.25) is 14.4 Å². The van der Waals surface area contributed by atoms with Crippen molar-refractivity contribution in [3.8, 4) is 0 Å². The van der Waals surface area contributed by atoms with E-state index in [2.05, 4.69) is 6.92 Å². The van der Waals surface area contributed by atoms with Crippen molar-refractivity contribution in [2.75, 3.05) is 32.8 Å². The minimum absolute atomic E-state index is 0.0790. The van der Waals surface area contributed by atoms with Gasteiger partial charge in [-0.2, -0.15) is 0 Å². The molecule has 2 unspecified atom stereocenters. The highest BCUT2D eigenvalue weighted by Gasteiger charge is 2.34. The molecule has 2 heterocycles. The third kappa shape index (κ3) is 5.41. The SMILES string of the molecule is CCOC(=O)C1CCN(C(=O)CC2CCN(C(=O)c3ccccc3)CC2CC)CC1. The molecule has 164 valence electrons. The summed E-state index contributed by atoms with van der Waals surface area (Å²) in [5.74, 6) is 0.705. The number of nitrogens with zero attached hydrogens (tertiary/aromatic N) is 2. The van der Waals surface area contributed by atoms with Crippen molar-refractivity contribution in [1.82, 2.24) is 9.80 Å². The van der Waals surface area contributed by atoms with Crippen LogP contribution in [0.25, 0.3) is 0 Å². The number of hydrogen-bond donors (Lipinski definition) is 0. The second kappa shape index (κ2) is 10.6. The molecule has 2 fully saturated rings. The number of piperidine rings is 2. The predicted molar refractivity (Wildman–Crippen MR) is 115 cm³/mol. The molecule has 1 aromatic carbocycles. The van der Waals surface area contributed by atoms with Crippen LogP contribution in [0.3, 0.4) is 0 Å². The number of amides is 2. The molecule has 0 spiro atoms. The summed E-state index contributed by atoms with van der Waals surface area (Å²) in [7, 11) is 0. The smallest absolute Gasteiger partial charge is 0.309 e. The molecule has 6 heteroatoms. The lowest BCUT2D eigenvalue weighted by Gasteiger charge is -2.39. The van der Waals surface area contributed by atoms with Crippen molar-refractivity contribution < 1.29 is 19.1 Å². The molecular formula is C24H34N2O4. The van der Waals surface area contributed by atoms with Gasteiger partial charge < -0.3 is 14.5 Å². The van der Waals surface area contributed by atoms with Crippen LogP contribution in [0, 0.1) is 17.8 Å². The molecule has 0 aliphatic carbocycles. The first-order chi connectivity index (χ1) is 14.5. The van der Waals surface area contributed by atoms with Crippen molar-refractivity contribution in [3.05, 3.63) is 35.9 Å². The molecule has 1 aromatic rings. The Hall–Kier alpha value is -2.37. The number of carbonyl (C=O) groups excluding carboxylic acids is 3. The van der Waals surface area contributed by atoms with Crippen LogP contribution in [0.2, 0.25) is 0 Å². The quantitative estimate of drug-likeness (QED) is 0.670. The molecule has 0 N–H and O–H groups in total. The topological polar surface area (TPSA) is 66.9 Å². The number of carbonyl (C=O) groups is 3. The van der Waals surface area contributed by atoms with E-state index in [1.54, 1.807) is 0 Å². The Morgan fingerprint density at radius 3 is 2.23 bits per heavy atom. The maximum Gasteiger partial charge on any atom is 0.309 e. The average molecular weight is 415 g/mol. The maximum absolute atomic E-state index is 12.9. The fraction of sp³-hybridized carbons (Fsp3) is 0.625. The number of rotatable bonds is 6. The van der Waals surface area contributed by atoms with E-state index < -0.39 is 0 Å². The summed E-state index contributed by atoms with van der Waals surface area (Å²) in [6, 6.07) is 9.42. The Bertz CT molecular complexity index is 728. The molecule has 0 radical (unpaired) electrons. The fourth-order valence-electron chi connectivity index (χ4n) is 4.74. The highest BCUT2D eigenvalue weighted by Crippen LogP contribution is 2.31. The van der Waals surface area contributed by atoms with E-state index in [0.29, 0.717) is 63.9 Å². The highest BCUT2D eigenvalue weighted by molar-refractivity contribution is 5.94. The first kappa shape index (κ1) is 22.3. The number of likely N-dealkylation sites (tertiary alicyclic amines) is 2. The number of benzene rings is 1. The van der Waals surface area contributed by atoms with Crippen LogP contribution < -0.4 is 0 Å². The summed E-state index contributed by atoms with van der Waals surface area (Å²) in [5.41, 5.74) is 0.728. The summed E-state index contributed by atoms with van der Waals surface area (Å²) in [6.45, 7) is 7.04. The Morgan fingerprint density at radius 1 is 0.933 bits per heavy atom. The van der Waals surface area contributed by atoms with Gasteiger partial charge in [0.25, 0.3) is 5.91 Å². The number of esters is 1. The monoisotopic (exact) mass is 414 g/mol. The minimum Gasteiger partial charge on any atom is -0.466 e. The van der Waals surface area contributed by atoms with Crippen LogP contribution in [0.1, 0.15) is 56.3 Å². The lowest BCUT2D eigenvalue weighted by molar-refractivity contribution is -0.151. The second-order valence-electron chi connectivity index (χ2n) is 8.45. The molecule has 30 heavy (non-hydrogen) atoms. The Kier molecular flexibility index (Phi) is 7.88. The predicted octanol–water partition coefficient (Wildman–Crippen LogP) is 3.37. The van der Waals surface area contributed by atoms with Crippen LogP contribution in [-0.2, 0) is 14.3 Å². The number of ether oxygens (including phenoxy) is 1. The van der Waals surface area contributed by atoms with Crippen molar-refractivity contribution in [3.63, 3.8) is 0 Å². The molecule has 2 aliphatic heterocycles. The molecule has 3 rings (SSSR count). The summed E-state index contributed by atoms with van der Waals surface area (Å²) >= 11 is 0. The number of hydrogen-bond acceptors (Lipinski definition) is 4. The van der Waals surface area contributed by atoms with Crippen molar-refractivity contribution in [2.45, 2.75) is 46.0 Å². The second-order valence-corrected chi connectivity index (χ2v) is 8.45. The zero-order chi connectivity index (χ0) is 21.5. The summed E-state index contributed by atoms with van der Waals surface area (Å²) in [5, 5.41) is 0. The lowest BCUT2D eigenvalue weighted by Crippen LogP contribution is -2.46. The molecule has 2 saturated heterocycles. The van der Waals surface area contributed by atoms with Crippen LogP contribution in [0.5, 0.6) is 0 Å². The van der Waals surface area contributed by atoms with E-state index in [4.69, 9.17) is 4.74 Å². The fourth-order valence-corrected chi connectivity index (χ4v) is 4.74. The van der Waals surface area contributed by atoms with Crippen LogP contribution in [0.15, 0.2) is 30.3 Å². The van der Waals surface area contributed by atoms with Crippen LogP contribution in [0.4, 0.5) is 0 Å². The van der Waals surface area contributed by atoms with E-state index >= 15 is 0 Å². The van der Waals surface area contributed by atoms with E-state index in [0.717, 1.165) is 18.4 Å². The van der Waals surface area contributed by atoms with Gasteiger partial charge in [-0.1, -0.05) is 31.5 Å². The molecule has 2 amide bonds. The van der Waals surface area contributed by atoms with Gasteiger partial charge in [0.05, 0.1) is 12.5 Å². The molecule has 0 aromatic heterocycles. The first-order valence-corrected chi connectivity index (χ1v) is 11.3. The average Bonchev–Trinajstić information content (AvgIpc) is 2.79. The highest BCUT2D eigenvalue weighted by atomic mass is 16.5. The van der Waals surface area contributed by atoms with Crippen molar-refractivity contribution in [1.29, 1.82) is 0 Å². The summed E-state index contributed by atoms with van der Waals surface area (Å²) < 4.78 is 5.11.